The van der Waals surface area contributed by atoms with Gasteiger partial charge in [0.15, 0.2) is 0 Å². The largest absolute Gasteiger partial charge is 0.491 e. The van der Waals surface area contributed by atoms with Crippen LogP contribution in [0.4, 0.5) is 0 Å². The highest BCUT2D eigenvalue weighted by Gasteiger charge is 2.11. The molecule has 0 N–H and O–H groups in total. The SMILES string of the molecule is CCCCCC(C)Oc1cc(CC)c2c(c1)ncc1ccccc12. The molecule has 0 fully saturated rings. The Morgan fingerprint density at radius 3 is 2.71 bits per heavy atom. The molecule has 1 unspecified atom stereocenters. The van der Waals surface area contributed by atoms with Crippen LogP contribution in [0, 0.1) is 0 Å². The molecule has 0 radical (unpaired) electrons. The van der Waals surface area contributed by atoms with Gasteiger partial charge in [-0.3, -0.25) is 4.98 Å². The average molecular weight is 321 g/mol. The molecule has 1 aromatic heterocycles. The van der Waals surface area contributed by atoms with Gasteiger partial charge in [0.2, 0.25) is 0 Å². The third-order valence-electron chi connectivity index (χ3n) is 4.68. The predicted octanol–water partition coefficient (Wildman–Crippen LogP) is 6.30. The van der Waals surface area contributed by atoms with Crippen molar-refractivity contribution >= 4 is 21.7 Å². The summed E-state index contributed by atoms with van der Waals surface area (Å²) in [5.41, 5.74) is 2.34. The van der Waals surface area contributed by atoms with Crippen LogP contribution in [-0.4, -0.2) is 11.1 Å². The lowest BCUT2D eigenvalue weighted by Crippen LogP contribution is -2.11. The van der Waals surface area contributed by atoms with Gasteiger partial charge in [0, 0.05) is 23.0 Å². The van der Waals surface area contributed by atoms with E-state index in [1.807, 2.05) is 6.20 Å². The molecule has 0 aliphatic rings. The van der Waals surface area contributed by atoms with Crippen molar-refractivity contribution in [1.29, 1.82) is 0 Å². The van der Waals surface area contributed by atoms with Crippen LogP contribution in [0.3, 0.4) is 0 Å². The van der Waals surface area contributed by atoms with E-state index < -0.39 is 0 Å². The number of nitrogens with zero attached hydrogens (tertiary/aromatic N) is 1. The molecule has 2 aromatic carbocycles. The van der Waals surface area contributed by atoms with Crippen molar-refractivity contribution in [2.75, 3.05) is 0 Å². The number of hydrogen-bond donors (Lipinski definition) is 0. The average Bonchev–Trinajstić information content (AvgIpc) is 2.61. The van der Waals surface area contributed by atoms with Crippen LogP contribution in [0.5, 0.6) is 5.75 Å². The van der Waals surface area contributed by atoms with E-state index in [-0.39, 0.29) is 6.10 Å². The fourth-order valence-electron chi connectivity index (χ4n) is 3.37. The van der Waals surface area contributed by atoms with Crippen LogP contribution < -0.4 is 4.74 Å². The number of hydrogen-bond acceptors (Lipinski definition) is 2. The Hall–Kier alpha value is -2.09. The summed E-state index contributed by atoms with van der Waals surface area (Å²) in [5, 5.41) is 3.74. The molecule has 24 heavy (non-hydrogen) atoms. The first-order valence-corrected chi connectivity index (χ1v) is 9.20. The van der Waals surface area contributed by atoms with Gasteiger partial charge in [-0.25, -0.2) is 0 Å². The van der Waals surface area contributed by atoms with Crippen molar-refractivity contribution in [2.45, 2.75) is 59.0 Å². The molecule has 1 atom stereocenters. The highest BCUT2D eigenvalue weighted by Crippen LogP contribution is 2.31. The Kier molecular flexibility index (Phi) is 5.34. The van der Waals surface area contributed by atoms with E-state index in [2.05, 4.69) is 62.2 Å². The number of aromatic nitrogens is 1. The molecule has 0 spiro atoms. The Morgan fingerprint density at radius 2 is 1.92 bits per heavy atom. The molecule has 0 amide bonds. The summed E-state index contributed by atoms with van der Waals surface area (Å²) >= 11 is 0. The highest BCUT2D eigenvalue weighted by molar-refractivity contribution is 6.07. The Bertz CT molecular complexity index is 825. The Balaban J connectivity index is 1.95. The van der Waals surface area contributed by atoms with Crippen molar-refractivity contribution in [1.82, 2.24) is 4.98 Å². The smallest absolute Gasteiger partial charge is 0.122 e. The molecule has 1 heterocycles. The molecule has 2 heteroatoms. The molecule has 0 bridgehead atoms. The molecule has 0 aliphatic heterocycles. The summed E-state index contributed by atoms with van der Waals surface area (Å²) in [6.45, 7) is 6.60. The van der Waals surface area contributed by atoms with Crippen LogP contribution in [0.25, 0.3) is 21.7 Å². The van der Waals surface area contributed by atoms with Crippen LogP contribution in [-0.2, 0) is 6.42 Å². The van der Waals surface area contributed by atoms with E-state index in [1.165, 1.54) is 41.0 Å². The maximum Gasteiger partial charge on any atom is 0.122 e. The highest BCUT2D eigenvalue weighted by atomic mass is 16.5. The van der Waals surface area contributed by atoms with Gasteiger partial charge in [-0.05, 0) is 43.2 Å². The number of rotatable bonds is 7. The number of ether oxygens (including phenoxy) is 1. The van der Waals surface area contributed by atoms with Gasteiger partial charge < -0.3 is 4.74 Å². The second kappa shape index (κ2) is 7.65. The summed E-state index contributed by atoms with van der Waals surface area (Å²) in [4.78, 5) is 4.68. The van der Waals surface area contributed by atoms with Crippen LogP contribution in [0.1, 0.15) is 52.0 Å². The zero-order valence-electron chi connectivity index (χ0n) is 15.0. The Morgan fingerprint density at radius 1 is 1.08 bits per heavy atom. The molecule has 0 saturated heterocycles. The second-order valence-electron chi connectivity index (χ2n) is 6.60. The minimum absolute atomic E-state index is 0.249. The number of aryl methyl sites for hydroxylation is 1. The summed E-state index contributed by atoms with van der Waals surface area (Å²) in [5.74, 6) is 0.950. The molecule has 2 nitrogen and oxygen atoms in total. The van der Waals surface area contributed by atoms with Crippen molar-refractivity contribution < 1.29 is 4.74 Å². The predicted molar refractivity (Wildman–Crippen MR) is 103 cm³/mol. The topological polar surface area (TPSA) is 22.1 Å². The number of pyridine rings is 1. The minimum Gasteiger partial charge on any atom is -0.491 e. The third-order valence-corrected chi connectivity index (χ3v) is 4.68. The second-order valence-corrected chi connectivity index (χ2v) is 6.60. The van der Waals surface area contributed by atoms with Gasteiger partial charge in [-0.15, -0.1) is 0 Å². The Labute approximate surface area is 144 Å². The van der Waals surface area contributed by atoms with Gasteiger partial charge in [0.1, 0.15) is 5.75 Å². The molecule has 3 aromatic rings. The van der Waals surface area contributed by atoms with E-state index in [0.717, 1.165) is 24.1 Å². The first-order chi connectivity index (χ1) is 11.7. The van der Waals surface area contributed by atoms with E-state index >= 15 is 0 Å². The van der Waals surface area contributed by atoms with Gasteiger partial charge in [0.05, 0.1) is 11.6 Å². The molecular formula is C22H27NO. The lowest BCUT2D eigenvalue weighted by Gasteiger charge is -2.17. The van der Waals surface area contributed by atoms with Crippen molar-refractivity contribution in [3.63, 3.8) is 0 Å². The van der Waals surface area contributed by atoms with E-state index in [0.29, 0.717) is 0 Å². The minimum atomic E-state index is 0.249. The van der Waals surface area contributed by atoms with Gasteiger partial charge >= 0.3 is 0 Å². The third kappa shape index (κ3) is 3.53. The van der Waals surface area contributed by atoms with Crippen LogP contribution in [0.2, 0.25) is 0 Å². The zero-order chi connectivity index (χ0) is 16.9. The fraction of sp³-hybridized carbons (Fsp3) is 0.409. The lowest BCUT2D eigenvalue weighted by atomic mass is 10.00. The zero-order valence-corrected chi connectivity index (χ0v) is 15.0. The molecule has 126 valence electrons. The van der Waals surface area contributed by atoms with Crippen molar-refractivity contribution in [3.8, 4) is 5.75 Å². The quantitative estimate of drug-likeness (QED) is 0.376. The van der Waals surface area contributed by atoms with Gasteiger partial charge in [0.25, 0.3) is 0 Å². The summed E-state index contributed by atoms with van der Waals surface area (Å²) in [6.07, 6.45) is 8.06. The number of fused-ring (bicyclic) bond motifs is 3. The molecule has 0 aliphatic carbocycles. The first-order valence-electron chi connectivity index (χ1n) is 9.20. The summed E-state index contributed by atoms with van der Waals surface area (Å²) in [7, 11) is 0. The van der Waals surface area contributed by atoms with E-state index in [1.54, 1.807) is 0 Å². The summed E-state index contributed by atoms with van der Waals surface area (Å²) < 4.78 is 6.18. The van der Waals surface area contributed by atoms with E-state index in [4.69, 9.17) is 4.74 Å². The number of unbranched alkanes of at least 4 members (excludes halogenated alkanes) is 2. The standard InChI is InChI=1S/C22H27NO/c1-4-6-7-10-16(3)24-19-13-17(5-2)22-20-12-9-8-11-18(20)15-23-21(22)14-19/h8-9,11-16H,4-7,10H2,1-3H3. The fourth-order valence-corrected chi connectivity index (χ4v) is 3.37. The monoisotopic (exact) mass is 321 g/mol. The normalized spacial score (nSPS) is 12.6. The summed E-state index contributed by atoms with van der Waals surface area (Å²) in [6, 6.07) is 12.8. The number of benzene rings is 2. The van der Waals surface area contributed by atoms with Crippen LogP contribution in [0.15, 0.2) is 42.6 Å². The molecule has 0 saturated carbocycles. The van der Waals surface area contributed by atoms with Crippen LogP contribution >= 0.6 is 0 Å². The lowest BCUT2D eigenvalue weighted by molar-refractivity contribution is 0.207. The molecular weight excluding hydrogens is 294 g/mol. The molecule has 3 rings (SSSR count). The van der Waals surface area contributed by atoms with Crippen molar-refractivity contribution in [3.05, 3.63) is 48.2 Å². The van der Waals surface area contributed by atoms with Gasteiger partial charge in [-0.2, -0.15) is 0 Å². The van der Waals surface area contributed by atoms with E-state index in [9.17, 15) is 0 Å². The van der Waals surface area contributed by atoms with Gasteiger partial charge in [-0.1, -0.05) is 51.0 Å². The maximum absolute atomic E-state index is 6.18. The van der Waals surface area contributed by atoms with Crippen molar-refractivity contribution in [2.24, 2.45) is 0 Å². The maximum atomic E-state index is 6.18. The first kappa shape index (κ1) is 16.8.